The Morgan fingerprint density at radius 2 is 2.00 bits per heavy atom. The van der Waals surface area contributed by atoms with Crippen molar-refractivity contribution in [2.75, 3.05) is 29.5 Å². The molecule has 1 fully saturated rings. The summed E-state index contributed by atoms with van der Waals surface area (Å²) >= 11 is 0. The van der Waals surface area contributed by atoms with E-state index in [1.165, 1.54) is 0 Å². The van der Waals surface area contributed by atoms with Gasteiger partial charge in [0.05, 0.1) is 23.6 Å². The summed E-state index contributed by atoms with van der Waals surface area (Å²) in [6.45, 7) is 0.877. The number of aromatic nitrogens is 5. The number of anilines is 1. The number of hydrogen-bond donors (Lipinski definition) is 1. The van der Waals surface area contributed by atoms with E-state index in [2.05, 4.69) is 20.2 Å². The molecule has 0 spiro atoms. The predicted molar refractivity (Wildman–Crippen MR) is 85.2 cm³/mol. The van der Waals surface area contributed by atoms with Gasteiger partial charge in [-0.2, -0.15) is 4.98 Å². The van der Waals surface area contributed by atoms with E-state index in [1.807, 2.05) is 39.9 Å². The molecule has 1 aliphatic rings. The fraction of sp³-hybridized carbons (Fsp3) is 0.357. The van der Waals surface area contributed by atoms with Crippen LogP contribution in [0.4, 0.5) is 5.95 Å². The topological polar surface area (TPSA) is 96.2 Å². The van der Waals surface area contributed by atoms with Crippen molar-refractivity contribution in [1.29, 1.82) is 0 Å². The molecule has 3 aromatic heterocycles. The molecule has 0 saturated carbocycles. The maximum absolute atomic E-state index is 11.5. The van der Waals surface area contributed by atoms with Crippen molar-refractivity contribution in [3.63, 3.8) is 0 Å². The summed E-state index contributed by atoms with van der Waals surface area (Å²) in [7, 11) is -2.90. The van der Waals surface area contributed by atoms with E-state index in [1.54, 1.807) is 0 Å². The second kappa shape index (κ2) is 5.34. The Bertz CT molecular complexity index is 898. The van der Waals surface area contributed by atoms with Crippen LogP contribution in [0.25, 0.3) is 5.65 Å². The lowest BCUT2D eigenvalue weighted by Gasteiger charge is -2.25. The van der Waals surface area contributed by atoms with Crippen LogP contribution < -0.4 is 4.90 Å². The number of nitrogens with one attached hydrogen (secondary N) is 1. The normalized spacial score (nSPS) is 17.7. The maximum atomic E-state index is 11.5. The molecular formula is C14H16N6O2S. The van der Waals surface area contributed by atoms with Gasteiger partial charge in [0.2, 0.25) is 5.95 Å². The molecule has 1 N–H and O–H groups in total. The van der Waals surface area contributed by atoms with E-state index in [0.717, 1.165) is 17.2 Å². The summed E-state index contributed by atoms with van der Waals surface area (Å²) in [5.74, 6) is 1.59. The van der Waals surface area contributed by atoms with Gasteiger partial charge in [-0.1, -0.05) is 6.07 Å². The number of rotatable bonds is 3. The lowest BCUT2D eigenvalue weighted by molar-refractivity contribution is 0.585. The molecule has 0 aliphatic carbocycles. The van der Waals surface area contributed by atoms with Crippen molar-refractivity contribution in [3.05, 3.63) is 42.1 Å². The zero-order valence-corrected chi connectivity index (χ0v) is 13.2. The number of nitrogens with zero attached hydrogens (tertiary/aromatic N) is 5. The first-order valence-corrected chi connectivity index (χ1v) is 9.20. The largest absolute Gasteiger partial charge is 0.338 e. The minimum absolute atomic E-state index is 0.156. The van der Waals surface area contributed by atoms with Crippen molar-refractivity contribution < 1.29 is 8.42 Å². The molecule has 0 atom stereocenters. The Kier molecular flexibility index (Phi) is 3.29. The number of aromatic amines is 1. The van der Waals surface area contributed by atoms with Gasteiger partial charge in [-0.3, -0.25) is 5.10 Å². The smallest absolute Gasteiger partial charge is 0.244 e. The van der Waals surface area contributed by atoms with Crippen molar-refractivity contribution in [2.45, 2.75) is 6.42 Å². The van der Waals surface area contributed by atoms with E-state index in [4.69, 9.17) is 0 Å². The maximum Gasteiger partial charge on any atom is 0.244 e. The molecule has 1 aliphatic heterocycles. The van der Waals surface area contributed by atoms with E-state index in [9.17, 15) is 8.42 Å². The highest BCUT2D eigenvalue weighted by atomic mass is 32.2. The molecule has 0 bridgehead atoms. The summed E-state index contributed by atoms with van der Waals surface area (Å²) in [5, 5.41) is 7.11. The van der Waals surface area contributed by atoms with Crippen LogP contribution in [0, 0.1) is 0 Å². The highest BCUT2D eigenvalue weighted by molar-refractivity contribution is 7.91. The summed E-state index contributed by atoms with van der Waals surface area (Å²) in [4.78, 5) is 10.9. The molecule has 9 heteroatoms. The molecule has 4 heterocycles. The molecule has 1 saturated heterocycles. The van der Waals surface area contributed by atoms with Crippen LogP contribution in [0.2, 0.25) is 0 Å². The van der Waals surface area contributed by atoms with E-state index in [0.29, 0.717) is 25.5 Å². The Morgan fingerprint density at radius 3 is 2.78 bits per heavy atom. The lowest BCUT2D eigenvalue weighted by Crippen LogP contribution is -2.40. The SMILES string of the molecule is O=S1(=O)CCN(c2n[nH]c(Cc3cn4ccccc4n3)n2)CC1. The van der Waals surface area contributed by atoms with Crippen LogP contribution in [-0.2, 0) is 16.3 Å². The second-order valence-corrected chi connectivity index (χ2v) is 7.90. The van der Waals surface area contributed by atoms with Gasteiger partial charge in [-0.05, 0) is 12.1 Å². The molecule has 0 unspecified atom stereocenters. The summed E-state index contributed by atoms with van der Waals surface area (Å²) in [5.41, 5.74) is 1.79. The minimum atomic E-state index is -2.90. The Morgan fingerprint density at radius 1 is 1.17 bits per heavy atom. The molecule has 4 rings (SSSR count). The van der Waals surface area contributed by atoms with E-state index < -0.39 is 9.84 Å². The summed E-state index contributed by atoms with van der Waals surface area (Å²) in [6, 6.07) is 5.85. The third kappa shape index (κ3) is 2.91. The molecule has 8 nitrogen and oxygen atoms in total. The van der Waals surface area contributed by atoms with Crippen LogP contribution in [-0.4, -0.2) is 57.6 Å². The van der Waals surface area contributed by atoms with Crippen LogP contribution in [0.15, 0.2) is 30.6 Å². The quantitative estimate of drug-likeness (QED) is 0.740. The first-order chi connectivity index (χ1) is 11.1. The fourth-order valence-corrected chi connectivity index (χ4v) is 3.86. The van der Waals surface area contributed by atoms with Crippen LogP contribution in [0.1, 0.15) is 11.5 Å². The molecule has 0 aromatic carbocycles. The van der Waals surface area contributed by atoms with E-state index in [-0.39, 0.29) is 11.5 Å². The van der Waals surface area contributed by atoms with Gasteiger partial charge in [0.1, 0.15) is 11.5 Å². The van der Waals surface area contributed by atoms with Crippen LogP contribution in [0.5, 0.6) is 0 Å². The Balaban J connectivity index is 1.49. The average Bonchev–Trinajstić information content (AvgIpc) is 3.13. The first-order valence-electron chi connectivity index (χ1n) is 7.38. The lowest BCUT2D eigenvalue weighted by atomic mass is 10.3. The van der Waals surface area contributed by atoms with Crippen LogP contribution >= 0.6 is 0 Å². The van der Waals surface area contributed by atoms with Crippen LogP contribution in [0.3, 0.4) is 0 Å². The molecular weight excluding hydrogens is 316 g/mol. The first kappa shape index (κ1) is 14.2. The zero-order valence-electron chi connectivity index (χ0n) is 12.4. The molecule has 3 aromatic rings. The predicted octanol–water partition coefficient (Wildman–Crippen LogP) is 0.278. The Hall–Kier alpha value is -2.42. The zero-order chi connectivity index (χ0) is 15.9. The molecule has 0 amide bonds. The summed E-state index contributed by atoms with van der Waals surface area (Å²) < 4.78 is 24.9. The van der Waals surface area contributed by atoms with E-state index >= 15 is 0 Å². The highest BCUT2D eigenvalue weighted by Gasteiger charge is 2.24. The third-order valence-corrected chi connectivity index (χ3v) is 5.52. The number of H-pyrrole nitrogens is 1. The van der Waals surface area contributed by atoms with Gasteiger partial charge < -0.3 is 9.30 Å². The van der Waals surface area contributed by atoms with Gasteiger partial charge in [0.25, 0.3) is 0 Å². The van der Waals surface area contributed by atoms with Gasteiger partial charge in [-0.15, -0.1) is 5.10 Å². The standard InChI is InChI=1S/C14H16N6O2S/c21-23(22)7-5-19(6-8-23)14-16-12(17-18-14)9-11-10-20-4-2-1-3-13(20)15-11/h1-4,10H,5-9H2,(H,16,17,18). The molecule has 23 heavy (non-hydrogen) atoms. The molecule has 0 radical (unpaired) electrons. The number of pyridine rings is 1. The monoisotopic (exact) mass is 332 g/mol. The fourth-order valence-electron chi connectivity index (χ4n) is 2.66. The number of fused-ring (bicyclic) bond motifs is 1. The summed E-state index contributed by atoms with van der Waals surface area (Å²) in [6.07, 6.45) is 4.47. The third-order valence-electron chi connectivity index (χ3n) is 3.91. The van der Waals surface area contributed by atoms with Crippen molar-refractivity contribution in [2.24, 2.45) is 0 Å². The van der Waals surface area contributed by atoms with Crippen molar-refractivity contribution in [3.8, 4) is 0 Å². The Labute approximate surface area is 133 Å². The molecule has 120 valence electrons. The van der Waals surface area contributed by atoms with Gasteiger partial charge in [0.15, 0.2) is 9.84 Å². The minimum Gasteiger partial charge on any atom is -0.338 e. The van der Waals surface area contributed by atoms with Gasteiger partial charge in [0, 0.05) is 25.5 Å². The van der Waals surface area contributed by atoms with Gasteiger partial charge in [-0.25, -0.2) is 13.4 Å². The number of sulfone groups is 1. The number of hydrogen-bond acceptors (Lipinski definition) is 6. The highest BCUT2D eigenvalue weighted by Crippen LogP contribution is 2.14. The number of imidazole rings is 1. The van der Waals surface area contributed by atoms with Crippen molar-refractivity contribution in [1.82, 2.24) is 24.6 Å². The van der Waals surface area contributed by atoms with Gasteiger partial charge >= 0.3 is 0 Å². The van der Waals surface area contributed by atoms with Crippen molar-refractivity contribution >= 4 is 21.4 Å². The average molecular weight is 332 g/mol. The second-order valence-electron chi connectivity index (χ2n) is 5.60.